The van der Waals surface area contributed by atoms with E-state index < -0.39 is 0 Å². The predicted molar refractivity (Wildman–Crippen MR) is 112 cm³/mol. The molecule has 1 rings (SSSR count). The van der Waals surface area contributed by atoms with Gasteiger partial charge >= 0.3 is 11.9 Å². The van der Waals surface area contributed by atoms with Gasteiger partial charge in [-0.15, -0.1) is 0 Å². The highest BCUT2D eigenvalue weighted by atomic mass is 79.9. The van der Waals surface area contributed by atoms with Gasteiger partial charge in [0.15, 0.2) is 0 Å². The Morgan fingerprint density at radius 1 is 0.852 bits per heavy atom. The number of hydrogen-bond acceptors (Lipinski definition) is 4. The van der Waals surface area contributed by atoms with Crippen molar-refractivity contribution in [1.29, 1.82) is 0 Å². The second-order valence-electron chi connectivity index (χ2n) is 6.80. The lowest BCUT2D eigenvalue weighted by molar-refractivity contribution is -0.145. The zero-order chi connectivity index (χ0) is 19.7. The van der Waals surface area contributed by atoms with Crippen LogP contribution in [0.4, 0.5) is 0 Å². The maximum Gasteiger partial charge on any atom is 0.305 e. The fourth-order valence-electron chi connectivity index (χ4n) is 2.74. The molecule has 0 unspecified atom stereocenters. The number of hydrogen-bond donors (Lipinski definition) is 0. The first kappa shape index (κ1) is 23.7. The molecule has 27 heavy (non-hydrogen) atoms. The Hall–Kier alpha value is -1.36. The molecule has 0 aliphatic heterocycles. The summed E-state index contributed by atoms with van der Waals surface area (Å²) in [5, 5.41) is 0. The third-order valence-corrected chi connectivity index (χ3v) is 4.81. The lowest BCUT2D eigenvalue weighted by Gasteiger charge is -2.06. The first-order valence-corrected chi connectivity index (χ1v) is 11.0. The Bertz CT molecular complexity index is 545. The van der Waals surface area contributed by atoms with Gasteiger partial charge in [0, 0.05) is 23.7 Å². The van der Waals surface area contributed by atoms with Crippen LogP contribution in [-0.4, -0.2) is 25.2 Å². The van der Waals surface area contributed by atoms with Gasteiger partial charge < -0.3 is 9.47 Å². The largest absolute Gasteiger partial charge is 0.466 e. The van der Waals surface area contributed by atoms with Gasteiger partial charge in [0.1, 0.15) is 0 Å². The van der Waals surface area contributed by atoms with E-state index in [-0.39, 0.29) is 24.8 Å². The van der Waals surface area contributed by atoms with E-state index >= 15 is 0 Å². The van der Waals surface area contributed by atoms with Crippen LogP contribution in [0, 0.1) is 0 Å². The fourth-order valence-corrected chi connectivity index (χ4v) is 3.19. The second-order valence-corrected chi connectivity index (χ2v) is 7.71. The highest BCUT2D eigenvalue weighted by Crippen LogP contribution is 2.12. The molecule has 0 N–H and O–H groups in total. The van der Waals surface area contributed by atoms with Crippen LogP contribution in [0.1, 0.15) is 76.7 Å². The van der Waals surface area contributed by atoms with Crippen molar-refractivity contribution in [2.75, 3.05) is 13.2 Å². The molecular weight excluding hydrogens is 408 g/mol. The molecular formula is C22H33BrO4. The van der Waals surface area contributed by atoms with Gasteiger partial charge in [-0.3, -0.25) is 9.59 Å². The van der Waals surface area contributed by atoms with Gasteiger partial charge in [-0.2, -0.15) is 0 Å². The lowest BCUT2D eigenvalue weighted by Crippen LogP contribution is -2.10. The van der Waals surface area contributed by atoms with E-state index in [1.54, 1.807) is 0 Å². The van der Waals surface area contributed by atoms with E-state index in [4.69, 9.17) is 9.47 Å². The van der Waals surface area contributed by atoms with Crippen LogP contribution in [0.15, 0.2) is 28.7 Å². The van der Waals surface area contributed by atoms with E-state index in [1.165, 1.54) is 32.1 Å². The second kappa shape index (κ2) is 15.7. The topological polar surface area (TPSA) is 52.6 Å². The zero-order valence-electron chi connectivity index (χ0n) is 16.5. The normalized spacial score (nSPS) is 10.6. The standard InChI is InChI=1S/C22H33BrO4/c1-2-3-4-5-6-7-8-16-26-21(24)13-10-14-22(25)27-17-15-19-11-9-12-20(23)18-19/h9,11-12,18H,2-8,10,13-17H2,1H3. The molecule has 0 heterocycles. The van der Waals surface area contributed by atoms with E-state index in [9.17, 15) is 9.59 Å². The van der Waals surface area contributed by atoms with Crippen LogP contribution < -0.4 is 0 Å². The Morgan fingerprint density at radius 3 is 2.15 bits per heavy atom. The van der Waals surface area contributed by atoms with Gasteiger partial charge in [0.05, 0.1) is 13.2 Å². The van der Waals surface area contributed by atoms with E-state index in [0.29, 0.717) is 26.1 Å². The molecule has 0 saturated heterocycles. The minimum atomic E-state index is -0.259. The summed E-state index contributed by atoms with van der Waals surface area (Å²) < 4.78 is 11.4. The summed E-state index contributed by atoms with van der Waals surface area (Å²) in [5.41, 5.74) is 1.12. The smallest absolute Gasteiger partial charge is 0.305 e. The monoisotopic (exact) mass is 440 g/mol. The van der Waals surface area contributed by atoms with Crippen LogP contribution in [0.25, 0.3) is 0 Å². The van der Waals surface area contributed by atoms with Crippen molar-refractivity contribution in [3.05, 3.63) is 34.3 Å². The average molecular weight is 441 g/mol. The Kier molecular flexibility index (Phi) is 13.7. The summed E-state index contributed by atoms with van der Waals surface area (Å²) in [7, 11) is 0. The zero-order valence-corrected chi connectivity index (χ0v) is 18.1. The fraction of sp³-hybridized carbons (Fsp3) is 0.636. The average Bonchev–Trinajstić information content (AvgIpc) is 2.64. The maximum atomic E-state index is 11.7. The minimum Gasteiger partial charge on any atom is -0.466 e. The van der Waals surface area contributed by atoms with Crippen LogP contribution in [0.2, 0.25) is 0 Å². The molecule has 0 atom stereocenters. The first-order valence-electron chi connectivity index (χ1n) is 10.2. The number of carbonyl (C=O) groups is 2. The Balaban J connectivity index is 1.95. The summed E-state index contributed by atoms with van der Waals surface area (Å²) in [6.07, 6.45) is 10.1. The van der Waals surface area contributed by atoms with Crippen molar-refractivity contribution in [3.8, 4) is 0 Å². The molecule has 0 saturated carbocycles. The summed E-state index contributed by atoms with van der Waals surface area (Å²) in [6.45, 7) is 3.06. The quantitative estimate of drug-likeness (QED) is 0.248. The van der Waals surface area contributed by atoms with Crippen molar-refractivity contribution in [2.24, 2.45) is 0 Å². The van der Waals surface area contributed by atoms with Gasteiger partial charge in [0.2, 0.25) is 0 Å². The maximum absolute atomic E-state index is 11.7. The van der Waals surface area contributed by atoms with Crippen molar-refractivity contribution in [2.45, 2.75) is 77.6 Å². The van der Waals surface area contributed by atoms with Crippen LogP contribution in [-0.2, 0) is 25.5 Å². The molecule has 0 aliphatic carbocycles. The molecule has 0 aliphatic rings. The molecule has 0 spiro atoms. The van der Waals surface area contributed by atoms with E-state index in [1.807, 2.05) is 24.3 Å². The van der Waals surface area contributed by atoms with Gasteiger partial charge in [-0.1, -0.05) is 73.5 Å². The third kappa shape index (κ3) is 13.5. The number of benzene rings is 1. The molecule has 0 amide bonds. The summed E-state index contributed by atoms with van der Waals surface area (Å²) in [4.78, 5) is 23.4. The number of esters is 2. The lowest BCUT2D eigenvalue weighted by atomic mass is 10.1. The van der Waals surface area contributed by atoms with Gasteiger partial charge in [0.25, 0.3) is 0 Å². The van der Waals surface area contributed by atoms with Gasteiger partial charge in [-0.05, 0) is 30.5 Å². The van der Waals surface area contributed by atoms with Crippen molar-refractivity contribution in [3.63, 3.8) is 0 Å². The molecule has 0 aromatic heterocycles. The van der Waals surface area contributed by atoms with E-state index in [2.05, 4.69) is 22.9 Å². The van der Waals surface area contributed by atoms with Crippen molar-refractivity contribution in [1.82, 2.24) is 0 Å². The number of unbranched alkanes of at least 4 members (excludes halogenated alkanes) is 6. The number of ether oxygens (including phenoxy) is 2. The van der Waals surface area contributed by atoms with Crippen molar-refractivity contribution >= 4 is 27.9 Å². The Labute approximate surface area is 172 Å². The molecule has 4 nitrogen and oxygen atoms in total. The van der Waals surface area contributed by atoms with Crippen LogP contribution in [0.5, 0.6) is 0 Å². The molecule has 0 radical (unpaired) electrons. The molecule has 5 heteroatoms. The van der Waals surface area contributed by atoms with Crippen LogP contribution >= 0.6 is 15.9 Å². The SMILES string of the molecule is CCCCCCCCCOC(=O)CCCC(=O)OCCc1cccc(Br)c1. The number of carbonyl (C=O) groups excluding carboxylic acids is 2. The molecule has 0 fully saturated rings. The summed E-state index contributed by atoms with van der Waals surface area (Å²) in [6, 6.07) is 7.93. The summed E-state index contributed by atoms with van der Waals surface area (Å²) in [5.74, 6) is -0.479. The number of halogens is 1. The molecule has 1 aromatic carbocycles. The molecule has 1 aromatic rings. The highest BCUT2D eigenvalue weighted by molar-refractivity contribution is 9.10. The third-order valence-electron chi connectivity index (χ3n) is 4.32. The Morgan fingerprint density at radius 2 is 1.48 bits per heavy atom. The van der Waals surface area contributed by atoms with Crippen LogP contribution in [0.3, 0.4) is 0 Å². The number of rotatable bonds is 15. The minimum absolute atomic E-state index is 0.220. The van der Waals surface area contributed by atoms with Gasteiger partial charge in [-0.25, -0.2) is 0 Å². The molecule has 152 valence electrons. The van der Waals surface area contributed by atoms with E-state index in [0.717, 1.165) is 22.9 Å². The molecule has 0 bridgehead atoms. The summed E-state index contributed by atoms with van der Waals surface area (Å²) >= 11 is 3.42. The highest BCUT2D eigenvalue weighted by Gasteiger charge is 2.07. The predicted octanol–water partition coefficient (Wildman–Crippen LogP) is 6.00. The first-order chi connectivity index (χ1) is 13.1. The van der Waals surface area contributed by atoms with Crippen molar-refractivity contribution < 1.29 is 19.1 Å².